The van der Waals surface area contributed by atoms with Crippen molar-refractivity contribution in [2.45, 2.75) is 40.5 Å². The maximum atomic E-state index is 13.5. The van der Waals surface area contributed by atoms with Crippen molar-refractivity contribution in [1.29, 1.82) is 0 Å². The number of aryl methyl sites for hydroxylation is 1. The second-order valence-electron chi connectivity index (χ2n) is 5.51. The number of carboxylic acids is 1. The second kappa shape index (κ2) is 6.04. The quantitative estimate of drug-likeness (QED) is 0.800. The summed E-state index contributed by atoms with van der Waals surface area (Å²) in [4.78, 5) is 10.9. The summed E-state index contributed by atoms with van der Waals surface area (Å²) >= 11 is 0. The van der Waals surface area contributed by atoms with Gasteiger partial charge in [0.15, 0.2) is 0 Å². The molecule has 19 heavy (non-hydrogen) atoms. The standard InChI is InChI=1S/C15H21FO3/c1-10-8-12(16)11(2)13(9-10)19-7-5-6-15(3,4)14(17)18/h8-9H,5-7H2,1-4H3,(H,17,18). The minimum atomic E-state index is -0.815. The zero-order chi connectivity index (χ0) is 14.6. The van der Waals surface area contributed by atoms with Gasteiger partial charge >= 0.3 is 5.97 Å². The molecule has 0 unspecified atom stereocenters. The molecule has 4 heteroatoms. The van der Waals surface area contributed by atoms with E-state index in [1.807, 2.05) is 6.92 Å². The number of hydrogen-bond donors (Lipinski definition) is 1. The monoisotopic (exact) mass is 268 g/mol. The highest BCUT2D eigenvalue weighted by molar-refractivity contribution is 5.73. The topological polar surface area (TPSA) is 46.5 Å². The molecule has 1 aromatic carbocycles. The van der Waals surface area contributed by atoms with Crippen LogP contribution in [0.4, 0.5) is 4.39 Å². The highest BCUT2D eigenvalue weighted by Gasteiger charge is 2.26. The zero-order valence-electron chi connectivity index (χ0n) is 11.9. The van der Waals surface area contributed by atoms with E-state index < -0.39 is 11.4 Å². The third-order valence-corrected chi connectivity index (χ3v) is 3.22. The van der Waals surface area contributed by atoms with E-state index in [0.29, 0.717) is 30.8 Å². The van der Waals surface area contributed by atoms with Crippen molar-refractivity contribution in [2.24, 2.45) is 5.41 Å². The molecule has 3 nitrogen and oxygen atoms in total. The van der Waals surface area contributed by atoms with Gasteiger partial charge in [-0.05, 0) is 58.2 Å². The van der Waals surface area contributed by atoms with Gasteiger partial charge < -0.3 is 9.84 Å². The highest BCUT2D eigenvalue weighted by atomic mass is 19.1. The van der Waals surface area contributed by atoms with E-state index in [9.17, 15) is 9.18 Å². The maximum Gasteiger partial charge on any atom is 0.309 e. The summed E-state index contributed by atoms with van der Waals surface area (Å²) in [5, 5.41) is 8.98. The molecule has 0 spiro atoms. The molecular weight excluding hydrogens is 247 g/mol. The van der Waals surface area contributed by atoms with Crippen LogP contribution in [0.2, 0.25) is 0 Å². The number of hydrogen-bond acceptors (Lipinski definition) is 2. The van der Waals surface area contributed by atoms with Gasteiger partial charge in [0.05, 0.1) is 12.0 Å². The molecule has 0 saturated heterocycles. The Kier molecular flexibility index (Phi) is 4.92. The van der Waals surface area contributed by atoms with Crippen LogP contribution in [0.5, 0.6) is 5.75 Å². The molecule has 1 rings (SSSR count). The van der Waals surface area contributed by atoms with Gasteiger partial charge in [-0.2, -0.15) is 0 Å². The predicted molar refractivity (Wildman–Crippen MR) is 72.0 cm³/mol. The first kappa shape index (κ1) is 15.5. The summed E-state index contributed by atoms with van der Waals surface area (Å²) in [6, 6.07) is 3.26. The minimum absolute atomic E-state index is 0.277. The molecule has 0 radical (unpaired) electrons. The molecule has 0 aliphatic rings. The Balaban J connectivity index is 2.53. The smallest absolute Gasteiger partial charge is 0.309 e. The minimum Gasteiger partial charge on any atom is -0.493 e. The molecule has 0 heterocycles. The van der Waals surface area contributed by atoms with Crippen molar-refractivity contribution < 1.29 is 19.0 Å². The number of benzene rings is 1. The molecule has 0 atom stereocenters. The lowest BCUT2D eigenvalue weighted by molar-refractivity contribution is -0.147. The molecule has 0 aromatic heterocycles. The summed E-state index contributed by atoms with van der Waals surface area (Å²) in [5.41, 5.74) is 0.544. The van der Waals surface area contributed by atoms with Crippen LogP contribution in [-0.2, 0) is 4.79 Å². The fraction of sp³-hybridized carbons (Fsp3) is 0.533. The van der Waals surface area contributed by atoms with E-state index in [2.05, 4.69) is 0 Å². The van der Waals surface area contributed by atoms with E-state index in [1.54, 1.807) is 26.8 Å². The Morgan fingerprint density at radius 1 is 1.37 bits per heavy atom. The van der Waals surface area contributed by atoms with E-state index in [0.717, 1.165) is 5.56 Å². The average molecular weight is 268 g/mol. The fourth-order valence-corrected chi connectivity index (χ4v) is 1.74. The van der Waals surface area contributed by atoms with Crippen molar-refractivity contribution in [1.82, 2.24) is 0 Å². The van der Waals surface area contributed by atoms with Crippen LogP contribution in [0.3, 0.4) is 0 Å². The van der Waals surface area contributed by atoms with Crippen LogP contribution < -0.4 is 4.74 Å². The highest BCUT2D eigenvalue weighted by Crippen LogP contribution is 2.25. The van der Waals surface area contributed by atoms with Crippen LogP contribution in [0.25, 0.3) is 0 Å². The average Bonchev–Trinajstić information content (AvgIpc) is 2.30. The maximum absolute atomic E-state index is 13.5. The van der Waals surface area contributed by atoms with Crippen LogP contribution in [0.1, 0.15) is 37.8 Å². The number of halogens is 1. The van der Waals surface area contributed by atoms with Crippen LogP contribution in [0.15, 0.2) is 12.1 Å². The molecule has 0 aliphatic carbocycles. The third kappa shape index (κ3) is 4.23. The first-order valence-electron chi connectivity index (χ1n) is 6.37. The Bertz CT molecular complexity index is 467. The number of aliphatic carboxylic acids is 1. The van der Waals surface area contributed by atoms with E-state index in [4.69, 9.17) is 9.84 Å². The SMILES string of the molecule is Cc1cc(F)c(C)c(OCCCC(C)(C)C(=O)O)c1. The Hall–Kier alpha value is -1.58. The number of rotatable bonds is 6. The summed E-state index contributed by atoms with van der Waals surface area (Å²) in [6.45, 7) is 7.24. The Morgan fingerprint density at radius 2 is 2.00 bits per heavy atom. The van der Waals surface area contributed by atoms with Gasteiger partial charge in [0, 0.05) is 5.56 Å². The van der Waals surface area contributed by atoms with E-state index in [1.165, 1.54) is 6.07 Å². The summed E-state index contributed by atoms with van der Waals surface area (Å²) in [6.07, 6.45) is 1.14. The first-order chi connectivity index (χ1) is 8.74. The lowest BCUT2D eigenvalue weighted by Crippen LogP contribution is -2.24. The van der Waals surface area contributed by atoms with Gasteiger partial charge in [-0.15, -0.1) is 0 Å². The lowest BCUT2D eigenvalue weighted by Gasteiger charge is -2.19. The van der Waals surface area contributed by atoms with Crippen molar-refractivity contribution >= 4 is 5.97 Å². The van der Waals surface area contributed by atoms with Gasteiger partial charge in [0.2, 0.25) is 0 Å². The van der Waals surface area contributed by atoms with E-state index in [-0.39, 0.29) is 5.82 Å². The van der Waals surface area contributed by atoms with Crippen molar-refractivity contribution in [3.05, 3.63) is 29.1 Å². The summed E-state index contributed by atoms with van der Waals surface area (Å²) < 4.78 is 19.0. The number of ether oxygens (including phenoxy) is 1. The van der Waals surface area contributed by atoms with Gasteiger partial charge in [0.25, 0.3) is 0 Å². The summed E-state index contributed by atoms with van der Waals surface area (Å²) in [5.74, 6) is -0.559. The predicted octanol–water partition coefficient (Wildman–Crippen LogP) is 3.71. The molecule has 106 valence electrons. The first-order valence-corrected chi connectivity index (χ1v) is 6.37. The van der Waals surface area contributed by atoms with Crippen LogP contribution >= 0.6 is 0 Å². The largest absolute Gasteiger partial charge is 0.493 e. The van der Waals surface area contributed by atoms with Crippen molar-refractivity contribution in [3.8, 4) is 5.75 Å². The molecule has 0 amide bonds. The molecule has 0 saturated carbocycles. The van der Waals surface area contributed by atoms with Crippen molar-refractivity contribution in [2.75, 3.05) is 6.61 Å². The lowest BCUT2D eigenvalue weighted by atomic mass is 9.88. The van der Waals surface area contributed by atoms with Gasteiger partial charge in [0.1, 0.15) is 11.6 Å². The number of carbonyl (C=O) groups is 1. The Labute approximate surface area is 113 Å². The zero-order valence-corrected chi connectivity index (χ0v) is 11.9. The van der Waals surface area contributed by atoms with Crippen molar-refractivity contribution in [3.63, 3.8) is 0 Å². The van der Waals surface area contributed by atoms with Gasteiger partial charge in [-0.25, -0.2) is 4.39 Å². The molecule has 0 aliphatic heterocycles. The normalized spacial score (nSPS) is 11.4. The number of carboxylic acid groups (broad SMARTS) is 1. The van der Waals surface area contributed by atoms with Gasteiger partial charge in [-0.3, -0.25) is 4.79 Å². The second-order valence-corrected chi connectivity index (χ2v) is 5.51. The third-order valence-electron chi connectivity index (χ3n) is 3.22. The van der Waals surface area contributed by atoms with Crippen LogP contribution in [0, 0.1) is 25.1 Å². The molecule has 0 bridgehead atoms. The van der Waals surface area contributed by atoms with Gasteiger partial charge in [-0.1, -0.05) is 0 Å². The Morgan fingerprint density at radius 3 is 2.58 bits per heavy atom. The summed E-state index contributed by atoms with van der Waals surface area (Å²) in [7, 11) is 0. The fourth-order valence-electron chi connectivity index (χ4n) is 1.74. The van der Waals surface area contributed by atoms with E-state index >= 15 is 0 Å². The molecule has 1 aromatic rings. The molecule has 0 fully saturated rings. The molecular formula is C15H21FO3. The molecule has 1 N–H and O–H groups in total. The van der Waals surface area contributed by atoms with Crippen LogP contribution in [-0.4, -0.2) is 17.7 Å².